The first kappa shape index (κ1) is 18.3. The quantitative estimate of drug-likeness (QED) is 0.421. The van der Waals surface area contributed by atoms with Gasteiger partial charge in [0.1, 0.15) is 5.75 Å². The van der Waals surface area contributed by atoms with Gasteiger partial charge in [0, 0.05) is 11.6 Å². The number of benzene rings is 1. The van der Waals surface area contributed by atoms with Crippen LogP contribution in [-0.2, 0) is 4.79 Å². The van der Waals surface area contributed by atoms with E-state index in [2.05, 4.69) is 6.92 Å². The molecule has 0 aliphatic heterocycles. The molecule has 0 amide bonds. The standard InChI is InChI=1S/C19H28O3/c1-2-3-4-5-6-7-8-11-16-22-18-13-10-9-12-17(18)14-15-19(20)21/h9-10,12-15H,2-8,11,16H2,1H3,(H,20,21). The normalized spacial score (nSPS) is 11.0. The van der Waals surface area contributed by atoms with E-state index in [0.717, 1.165) is 23.8 Å². The Labute approximate surface area is 134 Å². The Morgan fingerprint density at radius 2 is 1.68 bits per heavy atom. The van der Waals surface area contributed by atoms with Gasteiger partial charge in [0.15, 0.2) is 0 Å². The van der Waals surface area contributed by atoms with Gasteiger partial charge in [0.2, 0.25) is 0 Å². The lowest BCUT2D eigenvalue weighted by molar-refractivity contribution is -0.131. The van der Waals surface area contributed by atoms with Crippen LogP contribution in [0.3, 0.4) is 0 Å². The molecule has 0 atom stereocenters. The number of hydrogen-bond donors (Lipinski definition) is 1. The maximum atomic E-state index is 10.6. The van der Waals surface area contributed by atoms with Crippen LogP contribution in [0.5, 0.6) is 5.75 Å². The summed E-state index contributed by atoms with van der Waals surface area (Å²) in [6.45, 7) is 2.92. The van der Waals surface area contributed by atoms with Crippen molar-refractivity contribution in [2.75, 3.05) is 6.61 Å². The molecule has 1 N–H and O–H groups in total. The van der Waals surface area contributed by atoms with Crippen LogP contribution < -0.4 is 4.74 Å². The summed E-state index contributed by atoms with van der Waals surface area (Å²) in [4.78, 5) is 10.6. The highest BCUT2D eigenvalue weighted by Gasteiger charge is 2.00. The first-order chi connectivity index (χ1) is 10.7. The Morgan fingerprint density at radius 1 is 1.05 bits per heavy atom. The number of ether oxygens (including phenoxy) is 1. The molecule has 0 aromatic heterocycles. The highest BCUT2D eigenvalue weighted by atomic mass is 16.5. The Hall–Kier alpha value is -1.77. The summed E-state index contributed by atoms with van der Waals surface area (Å²) in [5, 5.41) is 8.69. The molecule has 3 heteroatoms. The van der Waals surface area contributed by atoms with Gasteiger partial charge in [-0.15, -0.1) is 0 Å². The molecule has 0 aliphatic rings. The van der Waals surface area contributed by atoms with Gasteiger partial charge in [-0.25, -0.2) is 4.79 Å². The summed E-state index contributed by atoms with van der Waals surface area (Å²) >= 11 is 0. The molecule has 0 spiro atoms. The van der Waals surface area contributed by atoms with E-state index in [1.807, 2.05) is 24.3 Å². The van der Waals surface area contributed by atoms with E-state index in [0.29, 0.717) is 6.61 Å². The molecule has 0 radical (unpaired) electrons. The van der Waals surface area contributed by atoms with Gasteiger partial charge in [-0.1, -0.05) is 70.1 Å². The van der Waals surface area contributed by atoms with Crippen LogP contribution in [0, 0.1) is 0 Å². The van der Waals surface area contributed by atoms with E-state index in [4.69, 9.17) is 9.84 Å². The van der Waals surface area contributed by atoms with Crippen molar-refractivity contribution in [2.45, 2.75) is 58.3 Å². The van der Waals surface area contributed by atoms with Crippen molar-refractivity contribution >= 4 is 12.0 Å². The van der Waals surface area contributed by atoms with Crippen molar-refractivity contribution < 1.29 is 14.6 Å². The monoisotopic (exact) mass is 304 g/mol. The van der Waals surface area contributed by atoms with Crippen molar-refractivity contribution in [3.63, 3.8) is 0 Å². The molecule has 0 bridgehead atoms. The molecule has 1 aromatic rings. The summed E-state index contributed by atoms with van der Waals surface area (Å²) in [5.41, 5.74) is 0.810. The molecule has 0 fully saturated rings. The minimum atomic E-state index is -0.946. The fraction of sp³-hybridized carbons (Fsp3) is 0.526. The molecule has 1 rings (SSSR count). The summed E-state index contributed by atoms with van der Waals surface area (Å²) in [6.07, 6.45) is 12.9. The maximum Gasteiger partial charge on any atom is 0.328 e. The molecule has 0 unspecified atom stereocenters. The predicted octanol–water partition coefficient (Wildman–Crippen LogP) is 5.30. The SMILES string of the molecule is CCCCCCCCCCOc1ccccc1C=CC(=O)O. The van der Waals surface area contributed by atoms with Crippen molar-refractivity contribution in [1.82, 2.24) is 0 Å². The number of unbranched alkanes of at least 4 members (excludes halogenated alkanes) is 7. The van der Waals surface area contributed by atoms with E-state index < -0.39 is 5.97 Å². The lowest BCUT2D eigenvalue weighted by Gasteiger charge is -2.09. The molecular formula is C19H28O3. The predicted molar refractivity (Wildman–Crippen MR) is 91.2 cm³/mol. The van der Waals surface area contributed by atoms with Crippen molar-refractivity contribution in [3.05, 3.63) is 35.9 Å². The molecule has 122 valence electrons. The maximum absolute atomic E-state index is 10.6. The van der Waals surface area contributed by atoms with Gasteiger partial charge in [-0.2, -0.15) is 0 Å². The van der Waals surface area contributed by atoms with Crippen LogP contribution in [0.1, 0.15) is 63.9 Å². The number of rotatable bonds is 12. The number of carboxylic acids is 1. The van der Waals surface area contributed by atoms with Gasteiger partial charge >= 0.3 is 5.97 Å². The fourth-order valence-electron chi connectivity index (χ4n) is 2.33. The van der Waals surface area contributed by atoms with Crippen molar-refractivity contribution in [3.8, 4) is 5.75 Å². The number of carboxylic acid groups (broad SMARTS) is 1. The fourth-order valence-corrected chi connectivity index (χ4v) is 2.33. The van der Waals surface area contributed by atoms with Crippen LogP contribution in [0.2, 0.25) is 0 Å². The summed E-state index contributed by atoms with van der Waals surface area (Å²) in [7, 11) is 0. The minimum Gasteiger partial charge on any atom is -0.493 e. The number of carbonyl (C=O) groups is 1. The Balaban J connectivity index is 2.21. The van der Waals surface area contributed by atoms with Crippen LogP contribution >= 0.6 is 0 Å². The molecule has 3 nitrogen and oxygen atoms in total. The van der Waals surface area contributed by atoms with Crippen LogP contribution in [0.15, 0.2) is 30.3 Å². The lowest BCUT2D eigenvalue weighted by Crippen LogP contribution is -1.99. The molecule has 22 heavy (non-hydrogen) atoms. The van der Waals surface area contributed by atoms with Gasteiger partial charge in [-0.3, -0.25) is 0 Å². The highest BCUT2D eigenvalue weighted by Crippen LogP contribution is 2.20. The molecule has 0 saturated carbocycles. The van der Waals surface area contributed by atoms with Gasteiger partial charge in [-0.05, 0) is 18.6 Å². The second kappa shape index (κ2) is 11.8. The first-order valence-electron chi connectivity index (χ1n) is 8.37. The van der Waals surface area contributed by atoms with Crippen molar-refractivity contribution in [2.24, 2.45) is 0 Å². The molecule has 1 aromatic carbocycles. The summed E-state index contributed by atoms with van der Waals surface area (Å²) in [5.74, 6) is -0.194. The molecule has 0 aliphatic carbocycles. The van der Waals surface area contributed by atoms with Crippen LogP contribution in [0.4, 0.5) is 0 Å². The van der Waals surface area contributed by atoms with Gasteiger partial charge in [0.25, 0.3) is 0 Å². The Morgan fingerprint density at radius 3 is 2.36 bits per heavy atom. The minimum absolute atomic E-state index is 0.687. The first-order valence-corrected chi connectivity index (χ1v) is 8.37. The third-order valence-electron chi connectivity index (χ3n) is 3.58. The number of para-hydroxylation sites is 1. The Kier molecular flexibility index (Phi) is 9.84. The summed E-state index contributed by atoms with van der Waals surface area (Å²) in [6, 6.07) is 7.53. The number of aliphatic carboxylic acids is 1. The topological polar surface area (TPSA) is 46.5 Å². The zero-order chi connectivity index (χ0) is 16.0. The zero-order valence-corrected chi connectivity index (χ0v) is 13.6. The van der Waals surface area contributed by atoms with Crippen LogP contribution in [0.25, 0.3) is 6.08 Å². The van der Waals surface area contributed by atoms with E-state index >= 15 is 0 Å². The van der Waals surface area contributed by atoms with E-state index in [1.54, 1.807) is 6.08 Å². The van der Waals surface area contributed by atoms with Gasteiger partial charge in [0.05, 0.1) is 6.61 Å². The van der Waals surface area contributed by atoms with Crippen LogP contribution in [-0.4, -0.2) is 17.7 Å². The van der Waals surface area contributed by atoms with Crippen molar-refractivity contribution in [1.29, 1.82) is 0 Å². The lowest BCUT2D eigenvalue weighted by atomic mass is 10.1. The van der Waals surface area contributed by atoms with Gasteiger partial charge < -0.3 is 9.84 Å². The van der Waals surface area contributed by atoms with E-state index in [-0.39, 0.29) is 0 Å². The molecule has 0 heterocycles. The average molecular weight is 304 g/mol. The molecular weight excluding hydrogens is 276 g/mol. The third-order valence-corrected chi connectivity index (χ3v) is 3.58. The number of hydrogen-bond acceptors (Lipinski definition) is 2. The second-order valence-electron chi connectivity index (χ2n) is 5.53. The Bertz CT molecular complexity index is 452. The highest BCUT2D eigenvalue weighted by molar-refractivity contribution is 5.85. The zero-order valence-electron chi connectivity index (χ0n) is 13.6. The second-order valence-corrected chi connectivity index (χ2v) is 5.53. The van der Waals surface area contributed by atoms with E-state index in [9.17, 15) is 4.79 Å². The average Bonchev–Trinajstić information content (AvgIpc) is 2.52. The third kappa shape index (κ3) is 8.50. The largest absolute Gasteiger partial charge is 0.493 e. The van der Waals surface area contributed by atoms with E-state index in [1.165, 1.54) is 44.9 Å². The smallest absolute Gasteiger partial charge is 0.328 e. The summed E-state index contributed by atoms with van der Waals surface area (Å²) < 4.78 is 5.77. The molecule has 0 saturated heterocycles.